The molecule has 2 rings (SSSR count). The van der Waals surface area contributed by atoms with Crippen LogP contribution in [0.5, 0.6) is 0 Å². The van der Waals surface area contributed by atoms with E-state index in [2.05, 4.69) is 28.5 Å². The van der Waals surface area contributed by atoms with Crippen molar-refractivity contribution in [2.75, 3.05) is 22.7 Å². The number of nitrogens with zero attached hydrogens (tertiary/aromatic N) is 2. The van der Waals surface area contributed by atoms with E-state index in [9.17, 15) is 8.42 Å². The largest absolute Gasteiger partial charge is 0.357 e. The summed E-state index contributed by atoms with van der Waals surface area (Å²) in [5.41, 5.74) is 1.17. The van der Waals surface area contributed by atoms with Crippen molar-refractivity contribution < 1.29 is 8.42 Å². The Labute approximate surface area is 132 Å². The van der Waals surface area contributed by atoms with Gasteiger partial charge in [0.15, 0.2) is 0 Å². The quantitative estimate of drug-likeness (QED) is 0.889. The van der Waals surface area contributed by atoms with Crippen molar-refractivity contribution in [3.8, 4) is 0 Å². The third-order valence-corrected chi connectivity index (χ3v) is 5.01. The van der Waals surface area contributed by atoms with Crippen LogP contribution in [0.4, 0.5) is 11.5 Å². The molecular formula is C16H21N3O2S. The Morgan fingerprint density at radius 3 is 2.32 bits per heavy atom. The summed E-state index contributed by atoms with van der Waals surface area (Å²) in [4.78, 5) is 6.70. The summed E-state index contributed by atoms with van der Waals surface area (Å²) in [6, 6.07) is 10.4. The Morgan fingerprint density at radius 1 is 1.09 bits per heavy atom. The normalized spacial score (nSPS) is 11.2. The van der Waals surface area contributed by atoms with Crippen LogP contribution in [0.25, 0.3) is 0 Å². The zero-order chi connectivity index (χ0) is 16.2. The van der Waals surface area contributed by atoms with Crippen LogP contribution in [0, 0.1) is 6.92 Å². The van der Waals surface area contributed by atoms with Crippen molar-refractivity contribution in [1.29, 1.82) is 0 Å². The fourth-order valence-corrected chi connectivity index (χ4v) is 3.54. The summed E-state index contributed by atoms with van der Waals surface area (Å²) in [6.07, 6.45) is 1.55. The minimum atomic E-state index is -3.59. The van der Waals surface area contributed by atoms with Gasteiger partial charge in [-0.1, -0.05) is 18.2 Å². The molecular weight excluding hydrogens is 298 g/mol. The topological polar surface area (TPSA) is 62.3 Å². The molecule has 1 aromatic carbocycles. The first kappa shape index (κ1) is 16.3. The van der Waals surface area contributed by atoms with Gasteiger partial charge in [0.25, 0.3) is 10.0 Å². The highest BCUT2D eigenvalue weighted by atomic mass is 32.2. The van der Waals surface area contributed by atoms with Gasteiger partial charge in [-0.3, -0.25) is 4.72 Å². The summed E-state index contributed by atoms with van der Waals surface area (Å²) in [7, 11) is -3.59. The van der Waals surface area contributed by atoms with E-state index < -0.39 is 10.0 Å². The first-order chi connectivity index (χ1) is 10.5. The number of benzene rings is 1. The molecule has 0 aliphatic heterocycles. The van der Waals surface area contributed by atoms with Crippen molar-refractivity contribution in [2.24, 2.45) is 0 Å². The van der Waals surface area contributed by atoms with Gasteiger partial charge in [-0.15, -0.1) is 0 Å². The fourth-order valence-electron chi connectivity index (χ4n) is 2.25. The zero-order valence-corrected chi connectivity index (χ0v) is 13.9. The molecule has 2 aromatic rings. The lowest BCUT2D eigenvalue weighted by Gasteiger charge is -2.19. The molecule has 5 nitrogen and oxygen atoms in total. The monoisotopic (exact) mass is 319 g/mol. The molecule has 0 bridgehead atoms. The second-order valence-electron chi connectivity index (χ2n) is 4.95. The van der Waals surface area contributed by atoms with E-state index in [1.54, 1.807) is 37.4 Å². The Bertz CT molecular complexity index is 723. The second kappa shape index (κ2) is 6.79. The average molecular weight is 319 g/mol. The van der Waals surface area contributed by atoms with Gasteiger partial charge in [0.2, 0.25) is 0 Å². The molecule has 0 radical (unpaired) electrons. The maximum absolute atomic E-state index is 12.4. The van der Waals surface area contributed by atoms with Gasteiger partial charge >= 0.3 is 0 Å². The lowest BCUT2D eigenvalue weighted by molar-refractivity contribution is 0.600. The first-order valence-electron chi connectivity index (χ1n) is 7.27. The number of pyridine rings is 1. The molecule has 1 heterocycles. The highest BCUT2D eigenvalue weighted by Gasteiger charge is 2.16. The van der Waals surface area contributed by atoms with Crippen LogP contribution in [0.1, 0.15) is 19.4 Å². The molecule has 6 heteroatoms. The van der Waals surface area contributed by atoms with Gasteiger partial charge in [0, 0.05) is 13.1 Å². The van der Waals surface area contributed by atoms with Crippen LogP contribution in [0.3, 0.4) is 0 Å². The van der Waals surface area contributed by atoms with Gasteiger partial charge < -0.3 is 4.90 Å². The van der Waals surface area contributed by atoms with Crippen molar-refractivity contribution in [2.45, 2.75) is 25.7 Å². The molecule has 0 fully saturated rings. The van der Waals surface area contributed by atoms with Gasteiger partial charge in [0.1, 0.15) is 5.82 Å². The number of sulfonamides is 1. The zero-order valence-electron chi connectivity index (χ0n) is 13.1. The summed E-state index contributed by atoms with van der Waals surface area (Å²) in [6.45, 7) is 7.60. The lowest BCUT2D eigenvalue weighted by atomic mass is 10.2. The van der Waals surface area contributed by atoms with Gasteiger partial charge in [0.05, 0.1) is 16.8 Å². The molecule has 0 unspecified atom stereocenters. The van der Waals surface area contributed by atoms with Crippen LogP contribution in [-0.4, -0.2) is 26.5 Å². The van der Waals surface area contributed by atoms with Crippen LogP contribution >= 0.6 is 0 Å². The van der Waals surface area contributed by atoms with E-state index in [1.165, 1.54) is 0 Å². The van der Waals surface area contributed by atoms with Crippen LogP contribution in [-0.2, 0) is 10.0 Å². The summed E-state index contributed by atoms with van der Waals surface area (Å²) >= 11 is 0. The van der Waals surface area contributed by atoms with Crippen LogP contribution in [0.15, 0.2) is 47.5 Å². The maximum atomic E-state index is 12.4. The molecule has 22 heavy (non-hydrogen) atoms. The Balaban J connectivity index is 2.22. The summed E-state index contributed by atoms with van der Waals surface area (Å²) in [5.74, 6) is 0.837. The van der Waals surface area contributed by atoms with Crippen LogP contribution in [0.2, 0.25) is 0 Å². The minimum absolute atomic E-state index is 0.280. The third kappa shape index (κ3) is 3.57. The molecule has 0 saturated carbocycles. The van der Waals surface area contributed by atoms with Gasteiger partial charge in [-0.25, -0.2) is 13.4 Å². The van der Waals surface area contributed by atoms with E-state index in [4.69, 9.17) is 0 Å². The van der Waals surface area contributed by atoms with Crippen molar-refractivity contribution >= 4 is 21.5 Å². The number of hydrogen-bond acceptors (Lipinski definition) is 4. The highest BCUT2D eigenvalue weighted by Crippen LogP contribution is 2.20. The van der Waals surface area contributed by atoms with E-state index >= 15 is 0 Å². The van der Waals surface area contributed by atoms with Crippen LogP contribution < -0.4 is 9.62 Å². The Morgan fingerprint density at radius 2 is 1.77 bits per heavy atom. The van der Waals surface area contributed by atoms with Crippen molar-refractivity contribution in [3.05, 3.63) is 48.2 Å². The number of nitrogens with one attached hydrogen (secondary N) is 1. The Hall–Kier alpha value is -2.08. The first-order valence-corrected chi connectivity index (χ1v) is 8.75. The number of anilines is 2. The van der Waals surface area contributed by atoms with E-state index in [1.807, 2.05) is 12.1 Å². The van der Waals surface area contributed by atoms with E-state index in [-0.39, 0.29) is 4.90 Å². The molecule has 0 saturated heterocycles. The minimum Gasteiger partial charge on any atom is -0.357 e. The SMILES string of the molecule is CCN(CC)c1ccc(NS(=O)(=O)c2ccccc2C)cn1. The Kier molecular flexibility index (Phi) is 5.03. The molecule has 118 valence electrons. The standard InChI is InChI=1S/C16H21N3O2S/c1-4-19(5-2)16-11-10-14(12-17-16)18-22(20,21)15-9-7-6-8-13(15)3/h6-12,18H,4-5H2,1-3H3. The predicted molar refractivity (Wildman–Crippen MR) is 89.8 cm³/mol. The average Bonchev–Trinajstić information content (AvgIpc) is 2.50. The molecule has 1 aromatic heterocycles. The number of aromatic nitrogens is 1. The lowest BCUT2D eigenvalue weighted by Crippen LogP contribution is -2.23. The second-order valence-corrected chi connectivity index (χ2v) is 6.60. The predicted octanol–water partition coefficient (Wildman–Crippen LogP) is 3.04. The highest BCUT2D eigenvalue weighted by molar-refractivity contribution is 7.92. The van der Waals surface area contributed by atoms with Gasteiger partial charge in [-0.05, 0) is 44.5 Å². The molecule has 0 aliphatic carbocycles. The number of aryl methyl sites for hydroxylation is 1. The fraction of sp³-hybridized carbons (Fsp3) is 0.312. The van der Waals surface area contributed by atoms with Gasteiger partial charge in [-0.2, -0.15) is 0 Å². The van der Waals surface area contributed by atoms with Crippen molar-refractivity contribution in [3.63, 3.8) is 0 Å². The molecule has 0 spiro atoms. The smallest absolute Gasteiger partial charge is 0.262 e. The van der Waals surface area contributed by atoms with E-state index in [0.29, 0.717) is 11.3 Å². The summed E-state index contributed by atoms with van der Waals surface area (Å²) in [5, 5.41) is 0. The molecule has 0 atom stereocenters. The third-order valence-electron chi connectivity index (χ3n) is 3.47. The molecule has 0 amide bonds. The molecule has 1 N–H and O–H groups in total. The molecule has 0 aliphatic rings. The van der Waals surface area contributed by atoms with Crippen molar-refractivity contribution in [1.82, 2.24) is 4.98 Å². The maximum Gasteiger partial charge on any atom is 0.262 e. The number of rotatable bonds is 6. The number of hydrogen-bond donors (Lipinski definition) is 1. The summed E-state index contributed by atoms with van der Waals surface area (Å²) < 4.78 is 27.4. The van der Waals surface area contributed by atoms with E-state index in [0.717, 1.165) is 18.9 Å².